The molecule has 0 bridgehead atoms. The van der Waals surface area contributed by atoms with Gasteiger partial charge in [-0.3, -0.25) is 9.36 Å². The third-order valence-electron chi connectivity index (χ3n) is 1.89. The van der Waals surface area contributed by atoms with Gasteiger partial charge >= 0.3 is 13.6 Å². The normalized spacial score (nSPS) is 13.8. The third-order valence-corrected chi connectivity index (χ3v) is 2.86. The summed E-state index contributed by atoms with van der Waals surface area (Å²) < 4.78 is 20.0. The van der Waals surface area contributed by atoms with Crippen molar-refractivity contribution in [1.29, 1.82) is 0 Å². The van der Waals surface area contributed by atoms with Crippen molar-refractivity contribution in [1.82, 2.24) is 0 Å². The average Bonchev–Trinajstić information content (AvgIpc) is 2.27. The largest absolute Gasteiger partial charge is 0.469 e. The molecule has 0 radical (unpaired) electrons. The number of benzene rings is 1. The van der Waals surface area contributed by atoms with E-state index in [0.717, 1.165) is 12.7 Å². The smallest absolute Gasteiger partial charge is 0.377 e. The minimum Gasteiger partial charge on any atom is -0.469 e. The Labute approximate surface area is 98.6 Å². The molecule has 0 aliphatic rings. The highest BCUT2D eigenvalue weighted by molar-refractivity contribution is 7.53. The number of rotatable bonds is 5. The number of aryl methyl sites for hydroxylation is 1. The summed E-state index contributed by atoms with van der Waals surface area (Å²) in [5.74, 6) is -0.532. The molecule has 94 valence electrons. The van der Waals surface area contributed by atoms with Crippen LogP contribution in [0, 0.1) is 6.92 Å². The zero-order valence-corrected chi connectivity index (χ0v) is 10.3. The number of para-hydroxylation sites is 1. The van der Waals surface area contributed by atoms with Crippen LogP contribution >= 0.6 is 7.60 Å². The van der Waals surface area contributed by atoms with E-state index < -0.39 is 19.7 Å². The van der Waals surface area contributed by atoms with Crippen LogP contribution in [0.15, 0.2) is 24.3 Å². The Morgan fingerprint density at radius 3 is 2.65 bits per heavy atom. The first-order valence-electron chi connectivity index (χ1n) is 4.75. The highest BCUT2D eigenvalue weighted by Gasteiger charge is 2.27. The number of carbonyl (C=O) groups is 1. The molecule has 1 aromatic rings. The van der Waals surface area contributed by atoms with Crippen LogP contribution in [0.1, 0.15) is 5.56 Å². The Morgan fingerprint density at radius 1 is 1.41 bits per heavy atom. The molecule has 0 spiro atoms. The van der Waals surface area contributed by atoms with Crippen LogP contribution in [-0.4, -0.2) is 24.1 Å². The molecule has 1 atom stereocenters. The molecule has 7 heteroatoms. The molecule has 6 nitrogen and oxygen atoms in total. The van der Waals surface area contributed by atoms with Gasteiger partial charge in [-0.25, -0.2) is 0 Å². The summed E-state index contributed by atoms with van der Waals surface area (Å²) in [6, 6.07) is 6.80. The monoisotopic (exact) mass is 260 g/mol. The zero-order chi connectivity index (χ0) is 12.9. The van der Waals surface area contributed by atoms with Crippen molar-refractivity contribution in [2.75, 3.05) is 13.3 Å². The van der Waals surface area contributed by atoms with Gasteiger partial charge < -0.3 is 14.5 Å². The molecule has 0 saturated heterocycles. The lowest BCUT2D eigenvalue weighted by molar-refractivity contribution is -0.139. The fraction of sp³-hybridized carbons (Fsp3) is 0.300. The van der Waals surface area contributed by atoms with E-state index in [2.05, 4.69) is 9.41 Å². The van der Waals surface area contributed by atoms with E-state index in [-0.39, 0.29) is 0 Å². The van der Waals surface area contributed by atoms with Crippen LogP contribution in [0.25, 0.3) is 0 Å². The molecular weight excluding hydrogens is 247 g/mol. The van der Waals surface area contributed by atoms with Gasteiger partial charge in [-0.1, -0.05) is 22.9 Å². The molecule has 1 unspecified atom stereocenters. The van der Waals surface area contributed by atoms with Crippen LogP contribution in [0.5, 0.6) is 5.75 Å². The van der Waals surface area contributed by atoms with Crippen molar-refractivity contribution in [2.45, 2.75) is 6.92 Å². The van der Waals surface area contributed by atoms with E-state index in [1.807, 2.05) is 0 Å². The summed E-state index contributed by atoms with van der Waals surface area (Å²) in [5, 5.41) is 0. The summed E-state index contributed by atoms with van der Waals surface area (Å²) in [6.45, 7) is 1.75. The highest BCUT2D eigenvalue weighted by Crippen LogP contribution is 2.42. The van der Waals surface area contributed by atoms with Crippen LogP contribution < -0.4 is 4.89 Å². The van der Waals surface area contributed by atoms with Gasteiger partial charge in [0.2, 0.25) is 0 Å². The SMILES string of the molecule is COC(=O)CP(=O)(O)OOc1ccccc1C. The van der Waals surface area contributed by atoms with Gasteiger partial charge in [-0.05, 0) is 18.6 Å². The number of carbonyl (C=O) groups excluding carboxylic acids is 1. The van der Waals surface area contributed by atoms with Gasteiger partial charge in [-0.2, -0.15) is 0 Å². The fourth-order valence-electron chi connectivity index (χ4n) is 1.00. The van der Waals surface area contributed by atoms with E-state index in [0.29, 0.717) is 5.75 Å². The minimum atomic E-state index is -4.15. The Bertz CT molecular complexity index is 444. The highest BCUT2D eigenvalue weighted by atomic mass is 31.2. The standard InChI is InChI=1S/C10H13O6P/c1-8-5-3-4-6-9(8)15-16-17(12,13)7-10(11)14-2/h3-6H,7H2,1-2H3,(H,12,13). The average molecular weight is 260 g/mol. The van der Waals surface area contributed by atoms with Crippen molar-refractivity contribution in [3.63, 3.8) is 0 Å². The lowest BCUT2D eigenvalue weighted by atomic mass is 10.2. The quantitative estimate of drug-likeness (QED) is 0.375. The summed E-state index contributed by atoms with van der Waals surface area (Å²) in [5.41, 5.74) is 0.741. The number of hydrogen-bond acceptors (Lipinski definition) is 5. The Hall–Kier alpha value is -1.36. The van der Waals surface area contributed by atoms with Crippen molar-refractivity contribution < 1.29 is 28.6 Å². The first-order chi connectivity index (χ1) is 7.94. The predicted octanol–water partition coefficient (Wildman–Crippen LogP) is 1.66. The molecule has 17 heavy (non-hydrogen) atoms. The minimum absolute atomic E-state index is 0.312. The summed E-state index contributed by atoms with van der Waals surface area (Å²) in [4.78, 5) is 24.8. The maximum Gasteiger partial charge on any atom is 0.377 e. The van der Waals surface area contributed by atoms with Crippen LogP contribution in [-0.2, 0) is 18.8 Å². The second kappa shape index (κ2) is 5.82. The molecule has 0 saturated carbocycles. The maximum atomic E-state index is 11.4. The second-order valence-corrected chi connectivity index (χ2v) is 5.04. The molecular formula is C10H13O6P. The van der Waals surface area contributed by atoms with E-state index in [4.69, 9.17) is 4.89 Å². The zero-order valence-electron chi connectivity index (χ0n) is 9.45. The topological polar surface area (TPSA) is 82.1 Å². The molecule has 1 rings (SSSR count). The molecule has 1 aromatic carbocycles. The molecule has 0 amide bonds. The lowest BCUT2D eigenvalue weighted by Gasteiger charge is -2.11. The Morgan fingerprint density at radius 2 is 2.06 bits per heavy atom. The Balaban J connectivity index is 2.58. The number of hydrogen-bond donors (Lipinski definition) is 1. The summed E-state index contributed by atoms with van der Waals surface area (Å²) in [7, 11) is -3.03. The van der Waals surface area contributed by atoms with Gasteiger partial charge in [0.1, 0.15) is 0 Å². The number of esters is 1. The number of ether oxygens (including phenoxy) is 1. The van der Waals surface area contributed by atoms with Crippen molar-refractivity contribution in [2.24, 2.45) is 0 Å². The van der Waals surface area contributed by atoms with E-state index in [1.54, 1.807) is 31.2 Å². The van der Waals surface area contributed by atoms with Gasteiger partial charge in [-0.15, -0.1) is 0 Å². The molecule has 0 aliphatic heterocycles. The van der Waals surface area contributed by atoms with E-state index >= 15 is 0 Å². The van der Waals surface area contributed by atoms with Crippen LogP contribution in [0.2, 0.25) is 0 Å². The first kappa shape index (κ1) is 13.7. The second-order valence-electron chi connectivity index (χ2n) is 3.30. The van der Waals surface area contributed by atoms with Crippen molar-refractivity contribution in [3.05, 3.63) is 29.8 Å². The van der Waals surface area contributed by atoms with Crippen LogP contribution in [0.3, 0.4) is 0 Å². The summed E-state index contributed by atoms with van der Waals surface area (Å²) >= 11 is 0. The van der Waals surface area contributed by atoms with Gasteiger partial charge in [0.05, 0.1) is 7.11 Å². The third kappa shape index (κ3) is 4.56. The van der Waals surface area contributed by atoms with Crippen molar-refractivity contribution in [3.8, 4) is 5.75 Å². The van der Waals surface area contributed by atoms with Gasteiger partial charge in [0.15, 0.2) is 11.9 Å². The molecule has 0 aromatic heterocycles. The number of methoxy groups -OCH3 is 1. The van der Waals surface area contributed by atoms with E-state index in [9.17, 15) is 14.3 Å². The Kier molecular flexibility index (Phi) is 4.69. The molecule has 0 heterocycles. The van der Waals surface area contributed by atoms with Crippen molar-refractivity contribution >= 4 is 13.6 Å². The van der Waals surface area contributed by atoms with Gasteiger partial charge in [0, 0.05) is 0 Å². The maximum absolute atomic E-state index is 11.4. The van der Waals surface area contributed by atoms with Crippen LogP contribution in [0.4, 0.5) is 0 Å². The molecule has 0 aliphatic carbocycles. The predicted molar refractivity (Wildman–Crippen MR) is 59.6 cm³/mol. The van der Waals surface area contributed by atoms with Gasteiger partial charge in [0.25, 0.3) is 0 Å². The first-order valence-corrected chi connectivity index (χ1v) is 6.51. The van der Waals surface area contributed by atoms with E-state index in [1.165, 1.54) is 0 Å². The molecule has 1 N–H and O–H groups in total. The fourth-order valence-corrected chi connectivity index (χ4v) is 1.71. The summed E-state index contributed by atoms with van der Waals surface area (Å²) in [6.07, 6.45) is -0.755. The molecule has 0 fully saturated rings. The lowest BCUT2D eigenvalue weighted by Crippen LogP contribution is -2.10.